The molecule has 4 heterocycles. The fourth-order valence-corrected chi connectivity index (χ4v) is 8.80. The molecule has 0 aliphatic carbocycles. The number of primary amides is 1. The van der Waals surface area contributed by atoms with Crippen molar-refractivity contribution in [2.75, 3.05) is 89.7 Å². The van der Waals surface area contributed by atoms with Crippen molar-refractivity contribution < 1.29 is 28.4 Å². The molecule has 0 saturated carbocycles. The lowest BCUT2D eigenvalue weighted by Crippen LogP contribution is -2.55. The minimum absolute atomic E-state index is 0.000674. The molecule has 0 bridgehead atoms. The Morgan fingerprint density at radius 2 is 1.42 bits per heavy atom. The molecule has 1 aromatic heterocycles. The smallest absolute Gasteiger partial charge is 0.274 e. The van der Waals surface area contributed by atoms with E-state index < -0.39 is 23.5 Å². The zero-order chi connectivity index (χ0) is 45.3. The van der Waals surface area contributed by atoms with Crippen molar-refractivity contribution in [3.8, 4) is 11.1 Å². The van der Waals surface area contributed by atoms with Gasteiger partial charge < -0.3 is 36.1 Å². The molecule has 3 saturated heterocycles. The summed E-state index contributed by atoms with van der Waals surface area (Å²) in [6, 6.07) is 20.6. The fraction of sp³-hybridized carbons (Fsp3) is 0.396. The summed E-state index contributed by atoms with van der Waals surface area (Å²) in [5.74, 6) is -2.22. The van der Waals surface area contributed by atoms with Crippen LogP contribution in [0.5, 0.6) is 0 Å². The third kappa shape index (κ3) is 11.2. The van der Waals surface area contributed by atoms with E-state index in [2.05, 4.69) is 39.2 Å². The van der Waals surface area contributed by atoms with Gasteiger partial charge >= 0.3 is 0 Å². The van der Waals surface area contributed by atoms with Crippen molar-refractivity contribution in [2.24, 2.45) is 11.7 Å². The molecule has 14 nitrogen and oxygen atoms in total. The van der Waals surface area contributed by atoms with Gasteiger partial charge in [-0.3, -0.25) is 28.9 Å². The number of likely N-dealkylation sites (tertiary alicyclic amines) is 1. The second kappa shape index (κ2) is 21.1. The van der Waals surface area contributed by atoms with Crippen molar-refractivity contribution >= 4 is 52.5 Å². The van der Waals surface area contributed by atoms with Crippen LogP contribution in [0.4, 0.5) is 10.1 Å². The largest absolute Gasteiger partial charge is 0.366 e. The summed E-state index contributed by atoms with van der Waals surface area (Å²) >= 11 is 5.82. The van der Waals surface area contributed by atoms with Gasteiger partial charge in [0, 0.05) is 107 Å². The number of halogens is 2. The SMILES string of the molecule is CCc1cccc(-c2cnc(C(=O)N3CCC(CN4CCN(CC(=O)N5CCN(C(=O)c6cc(CC(=N)c7ccccc7C(N)=O)ccc6F)CC5)CC4)CC3)c(NC(=O)CCl)c2)c1. The second-order valence-electron chi connectivity index (χ2n) is 16.7. The molecule has 0 unspecified atom stereocenters. The van der Waals surface area contributed by atoms with E-state index in [9.17, 15) is 28.4 Å². The molecule has 0 atom stereocenters. The standard InChI is InChI=1S/C48H55ClFN9O5/c1-2-32-6-5-7-35(24-32)36-27-42(54-43(60)28-49)45(53-29-36)48(64)58-14-12-33(13-15-58)30-55-16-18-56(19-17-55)31-44(61)57-20-22-59(23-21-57)47(63)39-25-34(10-11-40(39)50)26-41(51)37-8-3-4-9-38(37)46(52)62/h3-11,24-25,27,29,33,51H,2,12-23,26,28,30-31H2,1H3,(H2,52,62)(H,54,60). The maximum atomic E-state index is 15.0. The number of carbonyl (C=O) groups excluding carboxylic acids is 5. The number of nitrogens with two attached hydrogens (primary N) is 1. The van der Waals surface area contributed by atoms with Gasteiger partial charge in [0.1, 0.15) is 11.7 Å². The Bertz CT molecular complexity index is 2390. The van der Waals surface area contributed by atoms with Gasteiger partial charge in [0.15, 0.2) is 5.69 Å². The van der Waals surface area contributed by atoms with Crippen molar-refractivity contribution in [3.05, 3.63) is 118 Å². The molecule has 5 amide bonds. The Morgan fingerprint density at radius 1 is 0.750 bits per heavy atom. The molecule has 336 valence electrons. The first-order chi connectivity index (χ1) is 30.9. The van der Waals surface area contributed by atoms with Crippen molar-refractivity contribution in [1.82, 2.24) is 29.5 Å². The Balaban J connectivity index is 0.840. The maximum Gasteiger partial charge on any atom is 0.274 e. The third-order valence-electron chi connectivity index (χ3n) is 12.5. The zero-order valence-electron chi connectivity index (χ0n) is 36.2. The van der Waals surface area contributed by atoms with E-state index in [0.29, 0.717) is 48.9 Å². The molecule has 3 aliphatic heterocycles. The summed E-state index contributed by atoms with van der Waals surface area (Å²) in [7, 11) is 0. The quantitative estimate of drug-likeness (QED) is 0.120. The molecular weight excluding hydrogens is 837 g/mol. The van der Waals surface area contributed by atoms with Gasteiger partial charge in [-0.15, -0.1) is 11.6 Å². The molecule has 3 aromatic carbocycles. The highest BCUT2D eigenvalue weighted by Crippen LogP contribution is 2.28. The highest BCUT2D eigenvalue weighted by molar-refractivity contribution is 6.29. The number of anilines is 1. The number of amides is 5. The predicted octanol–water partition coefficient (Wildman–Crippen LogP) is 4.79. The number of rotatable bonds is 14. The summed E-state index contributed by atoms with van der Waals surface area (Å²) in [6.07, 6.45) is 4.34. The molecule has 4 aromatic rings. The molecular formula is C48H55ClFN9O5. The maximum absolute atomic E-state index is 15.0. The first-order valence-electron chi connectivity index (χ1n) is 21.9. The number of aromatic nitrogens is 1. The van der Waals surface area contributed by atoms with Gasteiger partial charge in [-0.05, 0) is 66.1 Å². The van der Waals surface area contributed by atoms with Gasteiger partial charge in [-0.25, -0.2) is 9.37 Å². The summed E-state index contributed by atoms with van der Waals surface area (Å²) in [5, 5.41) is 11.4. The molecule has 3 fully saturated rings. The van der Waals surface area contributed by atoms with Crippen LogP contribution < -0.4 is 11.1 Å². The van der Waals surface area contributed by atoms with Crippen LogP contribution in [0.25, 0.3) is 11.1 Å². The van der Waals surface area contributed by atoms with Crippen LogP contribution in [-0.4, -0.2) is 149 Å². The van der Waals surface area contributed by atoms with E-state index in [1.807, 2.05) is 17.0 Å². The predicted molar refractivity (Wildman–Crippen MR) is 244 cm³/mol. The van der Waals surface area contributed by atoms with Gasteiger partial charge in [-0.1, -0.05) is 55.5 Å². The summed E-state index contributed by atoms with van der Waals surface area (Å²) in [4.78, 5) is 79.2. The zero-order valence-corrected chi connectivity index (χ0v) is 36.9. The second-order valence-corrected chi connectivity index (χ2v) is 17.0. The molecule has 3 aliphatic rings. The minimum atomic E-state index is -0.662. The Morgan fingerprint density at radius 3 is 2.11 bits per heavy atom. The molecule has 0 radical (unpaired) electrons. The number of nitrogens with one attached hydrogen (secondary N) is 2. The summed E-state index contributed by atoms with van der Waals surface area (Å²) < 4.78 is 15.0. The molecule has 16 heteroatoms. The first-order valence-corrected chi connectivity index (χ1v) is 22.4. The van der Waals surface area contributed by atoms with E-state index >= 15 is 0 Å². The van der Waals surface area contributed by atoms with Gasteiger partial charge in [-0.2, -0.15) is 0 Å². The number of carbonyl (C=O) groups is 5. The van der Waals surface area contributed by atoms with E-state index in [1.54, 1.807) is 46.3 Å². The van der Waals surface area contributed by atoms with E-state index in [-0.39, 0.29) is 66.3 Å². The van der Waals surface area contributed by atoms with Crippen LogP contribution in [0, 0.1) is 17.1 Å². The number of hydrogen-bond donors (Lipinski definition) is 3. The number of alkyl halides is 1. The van der Waals surface area contributed by atoms with Crippen molar-refractivity contribution in [1.29, 1.82) is 5.41 Å². The van der Waals surface area contributed by atoms with Gasteiger partial charge in [0.2, 0.25) is 17.7 Å². The van der Waals surface area contributed by atoms with E-state index in [0.717, 1.165) is 63.1 Å². The van der Waals surface area contributed by atoms with E-state index in [1.165, 1.54) is 23.8 Å². The lowest BCUT2D eigenvalue weighted by atomic mass is 9.95. The highest BCUT2D eigenvalue weighted by atomic mass is 35.5. The first kappa shape index (κ1) is 46.0. The van der Waals surface area contributed by atoms with Crippen molar-refractivity contribution in [2.45, 2.75) is 32.6 Å². The summed E-state index contributed by atoms with van der Waals surface area (Å²) in [6.45, 7) is 8.88. The average Bonchev–Trinajstić information content (AvgIpc) is 3.32. The lowest BCUT2D eigenvalue weighted by Gasteiger charge is -2.40. The minimum Gasteiger partial charge on any atom is -0.366 e. The summed E-state index contributed by atoms with van der Waals surface area (Å²) in [5.41, 5.74) is 10.2. The molecule has 4 N–H and O–H groups in total. The van der Waals surface area contributed by atoms with Crippen LogP contribution in [0.3, 0.4) is 0 Å². The van der Waals surface area contributed by atoms with E-state index in [4.69, 9.17) is 22.7 Å². The van der Waals surface area contributed by atoms with Crippen LogP contribution in [0.15, 0.2) is 79.0 Å². The average molecular weight is 892 g/mol. The topological polar surface area (TPSA) is 176 Å². The fourth-order valence-electron chi connectivity index (χ4n) is 8.73. The van der Waals surface area contributed by atoms with Crippen LogP contribution in [0.1, 0.15) is 67.7 Å². The number of hydrogen-bond acceptors (Lipinski definition) is 9. The number of aryl methyl sites for hydroxylation is 1. The molecule has 64 heavy (non-hydrogen) atoms. The number of pyridine rings is 1. The molecule has 0 spiro atoms. The Kier molecular flexibility index (Phi) is 15.2. The monoisotopic (exact) mass is 891 g/mol. The highest BCUT2D eigenvalue weighted by Gasteiger charge is 2.31. The number of piperidine rings is 1. The van der Waals surface area contributed by atoms with Crippen LogP contribution in [-0.2, 0) is 22.4 Å². The lowest BCUT2D eigenvalue weighted by molar-refractivity contribution is -0.134. The Hall–Kier alpha value is -6.03. The van der Waals surface area contributed by atoms with Crippen molar-refractivity contribution in [3.63, 3.8) is 0 Å². The van der Waals surface area contributed by atoms with Gasteiger partial charge in [0.05, 0.1) is 17.8 Å². The van der Waals surface area contributed by atoms with Gasteiger partial charge in [0.25, 0.3) is 11.8 Å². The molecule has 7 rings (SSSR count). The normalized spacial score (nSPS) is 16.4. The number of piperazine rings is 2. The van der Waals surface area contributed by atoms with Crippen LogP contribution in [0.2, 0.25) is 0 Å². The third-order valence-corrected chi connectivity index (χ3v) is 12.7. The number of benzene rings is 3. The number of nitrogens with zero attached hydrogens (tertiary/aromatic N) is 6. The van der Waals surface area contributed by atoms with Crippen LogP contribution >= 0.6 is 11.6 Å². The Labute approximate surface area is 378 Å².